The van der Waals surface area contributed by atoms with Crippen molar-refractivity contribution in [3.63, 3.8) is 0 Å². The molecule has 2 aromatic rings. The number of aromatic hydroxyl groups is 2. The Bertz CT molecular complexity index is 796. The summed E-state index contributed by atoms with van der Waals surface area (Å²) in [6, 6.07) is 11.2. The molecule has 0 unspecified atom stereocenters. The lowest BCUT2D eigenvalue weighted by Gasteiger charge is -2.19. The normalized spacial score (nSPS) is 12.9. The first kappa shape index (κ1) is 21.7. The number of rotatable bonds is 5. The van der Waals surface area contributed by atoms with Crippen molar-refractivity contribution in [2.75, 3.05) is 13.1 Å². The van der Waals surface area contributed by atoms with E-state index >= 15 is 0 Å². The molecule has 28 heavy (non-hydrogen) atoms. The number of nitrogens with zero attached hydrogens (tertiary/aromatic N) is 2. The van der Waals surface area contributed by atoms with E-state index in [1.54, 1.807) is 24.6 Å². The molecule has 0 heterocycles. The van der Waals surface area contributed by atoms with E-state index in [-0.39, 0.29) is 22.3 Å². The Morgan fingerprint density at radius 3 is 1.36 bits per heavy atom. The Hall–Kier alpha value is -2.62. The molecule has 0 aliphatic heterocycles. The van der Waals surface area contributed by atoms with Crippen molar-refractivity contribution in [2.24, 2.45) is 9.98 Å². The first-order valence-corrected chi connectivity index (χ1v) is 9.65. The molecular formula is C24H32N2O2. The summed E-state index contributed by atoms with van der Waals surface area (Å²) in [4.78, 5) is 8.75. The standard InChI is InChI=1S/C24H32N2O2/c1-23(2,3)19-7-9-21(27)17(13-19)15-25-11-12-26-16-18-14-20(24(4,5)6)8-10-22(18)28/h7-10,13-16,27-28H,11-12H2,1-6H3. The summed E-state index contributed by atoms with van der Waals surface area (Å²) < 4.78 is 0. The minimum Gasteiger partial charge on any atom is -0.507 e. The van der Waals surface area contributed by atoms with Crippen LogP contribution in [0.15, 0.2) is 46.4 Å². The third-order valence-electron chi connectivity index (χ3n) is 4.61. The maximum absolute atomic E-state index is 10.0. The molecule has 0 saturated carbocycles. The molecule has 150 valence electrons. The van der Waals surface area contributed by atoms with Gasteiger partial charge in [0.05, 0.1) is 13.1 Å². The Labute approximate surface area is 168 Å². The van der Waals surface area contributed by atoms with Crippen LogP contribution in [0, 0.1) is 0 Å². The molecule has 0 saturated heterocycles. The zero-order chi connectivity index (χ0) is 20.9. The molecule has 0 spiro atoms. The largest absolute Gasteiger partial charge is 0.507 e. The molecule has 2 rings (SSSR count). The van der Waals surface area contributed by atoms with Gasteiger partial charge in [0, 0.05) is 23.6 Å². The number of aliphatic imine (C=N–C) groups is 2. The molecule has 0 aromatic heterocycles. The van der Waals surface area contributed by atoms with Crippen molar-refractivity contribution in [1.82, 2.24) is 0 Å². The van der Waals surface area contributed by atoms with Gasteiger partial charge >= 0.3 is 0 Å². The number of phenolic OH excluding ortho intramolecular Hbond substituents is 2. The van der Waals surface area contributed by atoms with E-state index in [2.05, 4.69) is 51.5 Å². The van der Waals surface area contributed by atoms with Gasteiger partial charge in [0.1, 0.15) is 11.5 Å². The lowest BCUT2D eigenvalue weighted by Crippen LogP contribution is -2.11. The Morgan fingerprint density at radius 1 is 0.679 bits per heavy atom. The molecule has 2 aromatic carbocycles. The minimum absolute atomic E-state index is 0.0180. The van der Waals surface area contributed by atoms with Crippen LogP contribution in [0.25, 0.3) is 0 Å². The Balaban J connectivity index is 2.00. The SMILES string of the molecule is CC(C)(C)c1ccc(O)c(C=NCCN=Cc2cc(C(C)(C)C)ccc2O)c1. The molecule has 0 fully saturated rings. The van der Waals surface area contributed by atoms with Crippen molar-refractivity contribution in [3.05, 3.63) is 58.7 Å². The fourth-order valence-electron chi connectivity index (χ4n) is 2.69. The average Bonchev–Trinajstić information content (AvgIpc) is 2.58. The molecule has 0 bridgehead atoms. The molecule has 4 heteroatoms. The zero-order valence-corrected chi connectivity index (χ0v) is 17.8. The lowest BCUT2D eigenvalue weighted by atomic mass is 9.86. The zero-order valence-electron chi connectivity index (χ0n) is 17.8. The third kappa shape index (κ3) is 5.95. The summed E-state index contributed by atoms with van der Waals surface area (Å²) >= 11 is 0. The van der Waals surface area contributed by atoms with E-state index in [1.807, 2.05) is 24.3 Å². The van der Waals surface area contributed by atoms with Crippen LogP contribution in [0.4, 0.5) is 0 Å². The van der Waals surface area contributed by atoms with Crippen LogP contribution in [-0.2, 0) is 10.8 Å². The van der Waals surface area contributed by atoms with Crippen LogP contribution in [0.1, 0.15) is 63.8 Å². The predicted octanol–water partition coefficient (Wildman–Crippen LogP) is 5.23. The highest BCUT2D eigenvalue weighted by molar-refractivity contribution is 5.84. The molecule has 0 aliphatic carbocycles. The van der Waals surface area contributed by atoms with Crippen molar-refractivity contribution >= 4 is 12.4 Å². The van der Waals surface area contributed by atoms with Crippen LogP contribution in [0.3, 0.4) is 0 Å². The summed E-state index contributed by atoms with van der Waals surface area (Å²) in [5.74, 6) is 0.452. The average molecular weight is 381 g/mol. The Kier molecular flexibility index (Phi) is 6.65. The first-order chi connectivity index (χ1) is 13.0. The lowest BCUT2D eigenvalue weighted by molar-refractivity contribution is 0.472. The topological polar surface area (TPSA) is 65.2 Å². The number of hydrogen-bond acceptors (Lipinski definition) is 4. The Morgan fingerprint density at radius 2 is 1.04 bits per heavy atom. The molecule has 0 amide bonds. The smallest absolute Gasteiger partial charge is 0.124 e. The van der Waals surface area contributed by atoms with E-state index in [0.717, 1.165) is 11.1 Å². The fourth-order valence-corrected chi connectivity index (χ4v) is 2.69. The summed E-state index contributed by atoms with van der Waals surface area (Å²) in [5, 5.41) is 20.1. The fraction of sp³-hybridized carbons (Fsp3) is 0.417. The highest BCUT2D eigenvalue weighted by atomic mass is 16.3. The minimum atomic E-state index is 0.0180. The monoisotopic (exact) mass is 380 g/mol. The van der Waals surface area contributed by atoms with Gasteiger partial charge < -0.3 is 10.2 Å². The summed E-state index contributed by atoms with van der Waals surface area (Å²) in [5.41, 5.74) is 3.77. The second-order valence-corrected chi connectivity index (χ2v) is 9.12. The van der Waals surface area contributed by atoms with E-state index in [0.29, 0.717) is 24.2 Å². The van der Waals surface area contributed by atoms with Crippen molar-refractivity contribution in [2.45, 2.75) is 52.4 Å². The van der Waals surface area contributed by atoms with Gasteiger partial charge in [0.25, 0.3) is 0 Å². The van der Waals surface area contributed by atoms with Crippen LogP contribution >= 0.6 is 0 Å². The van der Waals surface area contributed by atoms with Crippen molar-refractivity contribution in [1.29, 1.82) is 0 Å². The van der Waals surface area contributed by atoms with Gasteiger partial charge in [-0.2, -0.15) is 0 Å². The van der Waals surface area contributed by atoms with Gasteiger partial charge in [0.2, 0.25) is 0 Å². The van der Waals surface area contributed by atoms with Gasteiger partial charge in [-0.05, 0) is 46.2 Å². The van der Waals surface area contributed by atoms with E-state index < -0.39 is 0 Å². The van der Waals surface area contributed by atoms with E-state index in [4.69, 9.17) is 0 Å². The number of hydrogen-bond donors (Lipinski definition) is 2. The highest BCUT2D eigenvalue weighted by Gasteiger charge is 2.15. The van der Waals surface area contributed by atoms with Crippen LogP contribution in [-0.4, -0.2) is 35.7 Å². The predicted molar refractivity (Wildman–Crippen MR) is 119 cm³/mol. The maximum atomic E-state index is 10.0. The second kappa shape index (κ2) is 8.59. The van der Waals surface area contributed by atoms with E-state index in [9.17, 15) is 10.2 Å². The molecule has 0 aliphatic rings. The molecule has 4 nitrogen and oxygen atoms in total. The summed E-state index contributed by atoms with van der Waals surface area (Å²) in [7, 11) is 0. The molecule has 0 radical (unpaired) electrons. The van der Waals surface area contributed by atoms with Crippen LogP contribution in [0.5, 0.6) is 11.5 Å². The number of benzene rings is 2. The van der Waals surface area contributed by atoms with Crippen LogP contribution in [0.2, 0.25) is 0 Å². The van der Waals surface area contributed by atoms with Gasteiger partial charge in [-0.3, -0.25) is 9.98 Å². The molecule has 0 atom stereocenters. The van der Waals surface area contributed by atoms with Gasteiger partial charge in [-0.15, -0.1) is 0 Å². The van der Waals surface area contributed by atoms with Gasteiger partial charge in [-0.25, -0.2) is 0 Å². The third-order valence-corrected chi connectivity index (χ3v) is 4.61. The maximum Gasteiger partial charge on any atom is 0.124 e. The summed E-state index contributed by atoms with van der Waals surface area (Å²) in [6.45, 7) is 13.8. The quantitative estimate of drug-likeness (QED) is 0.551. The van der Waals surface area contributed by atoms with Crippen molar-refractivity contribution in [3.8, 4) is 11.5 Å². The molecular weight excluding hydrogens is 348 g/mol. The first-order valence-electron chi connectivity index (χ1n) is 9.65. The van der Waals surface area contributed by atoms with Gasteiger partial charge in [-0.1, -0.05) is 53.7 Å². The highest BCUT2D eigenvalue weighted by Crippen LogP contribution is 2.27. The molecule has 2 N–H and O–H groups in total. The summed E-state index contributed by atoms with van der Waals surface area (Å²) in [6.07, 6.45) is 3.38. The van der Waals surface area contributed by atoms with Gasteiger partial charge in [0.15, 0.2) is 0 Å². The number of phenols is 2. The van der Waals surface area contributed by atoms with E-state index in [1.165, 1.54) is 0 Å². The second-order valence-electron chi connectivity index (χ2n) is 9.12. The van der Waals surface area contributed by atoms with Crippen molar-refractivity contribution < 1.29 is 10.2 Å². The van der Waals surface area contributed by atoms with Crippen LogP contribution < -0.4 is 0 Å².